The molecule has 40 heavy (non-hydrogen) atoms. The van der Waals surface area contributed by atoms with E-state index in [0.29, 0.717) is 11.1 Å². The largest absolute Gasteiger partial charge is 0.508 e. The van der Waals surface area contributed by atoms with Crippen LogP contribution in [0.3, 0.4) is 0 Å². The van der Waals surface area contributed by atoms with Crippen LogP contribution >= 0.6 is 0 Å². The number of aromatic hydroxyl groups is 6. The van der Waals surface area contributed by atoms with E-state index in [4.69, 9.17) is 9.47 Å². The number of rotatable bonds is 3. The lowest BCUT2D eigenvalue weighted by Gasteiger charge is -2.42. The summed E-state index contributed by atoms with van der Waals surface area (Å²) < 4.78 is 12.3. The zero-order valence-corrected chi connectivity index (χ0v) is 20.6. The Labute approximate surface area is 226 Å². The minimum atomic E-state index is -1.33. The first-order valence-electron chi connectivity index (χ1n) is 12.2. The summed E-state index contributed by atoms with van der Waals surface area (Å²) in [5.74, 6) is -6.10. The fourth-order valence-electron chi connectivity index (χ4n) is 5.46. The third-order valence-corrected chi connectivity index (χ3v) is 7.22. The molecule has 2 aliphatic rings. The summed E-state index contributed by atoms with van der Waals surface area (Å²) in [6.45, 7) is 0. The van der Waals surface area contributed by atoms with Gasteiger partial charge >= 0.3 is 0 Å². The highest BCUT2D eigenvalue weighted by atomic mass is 16.5. The number of hydrogen-bond donors (Lipinski definition) is 6. The van der Waals surface area contributed by atoms with Crippen molar-refractivity contribution >= 4 is 11.6 Å². The van der Waals surface area contributed by atoms with E-state index >= 15 is 0 Å². The molecule has 2 heterocycles. The molecule has 4 aromatic carbocycles. The Morgan fingerprint density at radius 1 is 0.475 bits per heavy atom. The second-order valence-corrected chi connectivity index (χ2v) is 9.72. The molecule has 0 saturated heterocycles. The number of Topliss-reactive ketones (excluding diaryl/α,β-unsaturated/α-hetero) is 2. The molecule has 6 N–H and O–H groups in total. The Bertz CT molecular complexity index is 1530. The van der Waals surface area contributed by atoms with Crippen LogP contribution in [0.4, 0.5) is 0 Å². The van der Waals surface area contributed by atoms with Crippen LogP contribution in [0.15, 0.2) is 72.8 Å². The smallest absolute Gasteiger partial charge is 0.178 e. The van der Waals surface area contributed by atoms with Crippen molar-refractivity contribution in [2.24, 2.45) is 11.8 Å². The van der Waals surface area contributed by atoms with Crippen LogP contribution in [0.5, 0.6) is 46.0 Å². The number of fused-ring (bicyclic) bond motifs is 2. The minimum Gasteiger partial charge on any atom is -0.508 e. The SMILES string of the molecule is O=C1c2c(O)cc(O)cc2O[C@H](c2ccc(O)cc2)[C@H]1[C@@H]1C(=O)c2c(O)cc(O)cc2O[C@@H]1c1ccc(O)cc1. The molecule has 0 radical (unpaired) electrons. The fourth-order valence-corrected chi connectivity index (χ4v) is 5.46. The molecule has 0 spiro atoms. The van der Waals surface area contributed by atoms with Gasteiger partial charge in [-0.15, -0.1) is 0 Å². The Hall–Kier alpha value is -5.38. The molecule has 202 valence electrons. The first-order valence-corrected chi connectivity index (χ1v) is 12.2. The van der Waals surface area contributed by atoms with Crippen LogP contribution in [0.1, 0.15) is 44.1 Å². The predicted molar refractivity (Wildman–Crippen MR) is 138 cm³/mol. The van der Waals surface area contributed by atoms with Gasteiger partial charge in [0.2, 0.25) is 0 Å². The van der Waals surface area contributed by atoms with E-state index in [9.17, 15) is 40.2 Å². The van der Waals surface area contributed by atoms with Crippen molar-refractivity contribution < 1.29 is 49.7 Å². The second kappa shape index (κ2) is 9.12. The van der Waals surface area contributed by atoms with Crippen molar-refractivity contribution in [1.29, 1.82) is 0 Å². The lowest BCUT2D eigenvalue weighted by molar-refractivity contribution is 0.0129. The first kappa shape index (κ1) is 24.9. The Kier molecular flexibility index (Phi) is 5.69. The molecule has 2 aliphatic heterocycles. The van der Waals surface area contributed by atoms with Crippen molar-refractivity contribution in [2.75, 3.05) is 0 Å². The number of phenols is 6. The van der Waals surface area contributed by atoms with E-state index in [1.165, 1.54) is 60.7 Å². The molecule has 0 bridgehead atoms. The maximum Gasteiger partial charge on any atom is 0.178 e. The molecule has 6 rings (SSSR count). The predicted octanol–water partition coefficient (Wildman–Crippen LogP) is 4.49. The minimum absolute atomic E-state index is 0.0455. The monoisotopic (exact) mass is 542 g/mol. The summed E-state index contributed by atoms with van der Waals surface area (Å²) in [5.41, 5.74) is 0.330. The number of ketones is 2. The van der Waals surface area contributed by atoms with E-state index in [1.54, 1.807) is 0 Å². The van der Waals surface area contributed by atoms with Gasteiger partial charge in [0.1, 0.15) is 69.3 Å². The maximum atomic E-state index is 14.2. The van der Waals surface area contributed by atoms with Gasteiger partial charge in [0.05, 0.1) is 11.8 Å². The summed E-state index contributed by atoms with van der Waals surface area (Å²) >= 11 is 0. The van der Waals surface area contributed by atoms with Crippen LogP contribution in [0.25, 0.3) is 0 Å². The second-order valence-electron chi connectivity index (χ2n) is 9.72. The van der Waals surface area contributed by atoms with Crippen molar-refractivity contribution in [3.05, 3.63) is 95.1 Å². The van der Waals surface area contributed by atoms with E-state index in [-0.39, 0.29) is 45.6 Å². The highest BCUT2D eigenvalue weighted by Crippen LogP contribution is 2.53. The van der Waals surface area contributed by atoms with Gasteiger partial charge in [-0.1, -0.05) is 24.3 Å². The normalized spacial score (nSPS) is 21.6. The number of hydrogen-bond acceptors (Lipinski definition) is 10. The summed E-state index contributed by atoms with van der Waals surface area (Å²) in [4.78, 5) is 28.4. The van der Waals surface area contributed by atoms with Crippen molar-refractivity contribution in [2.45, 2.75) is 12.2 Å². The van der Waals surface area contributed by atoms with Crippen molar-refractivity contribution in [1.82, 2.24) is 0 Å². The van der Waals surface area contributed by atoms with Crippen molar-refractivity contribution in [3.63, 3.8) is 0 Å². The lowest BCUT2D eigenvalue weighted by Crippen LogP contribution is -2.45. The molecule has 0 aromatic heterocycles. The van der Waals surface area contributed by atoms with Gasteiger partial charge in [-0.3, -0.25) is 9.59 Å². The molecule has 0 aliphatic carbocycles. The van der Waals surface area contributed by atoms with Crippen LogP contribution in [0.2, 0.25) is 0 Å². The summed E-state index contributed by atoms with van der Waals surface area (Å²) in [6.07, 6.45) is -2.31. The van der Waals surface area contributed by atoms with Gasteiger partial charge in [-0.2, -0.15) is 0 Å². The number of ether oxygens (including phenoxy) is 2. The Morgan fingerprint density at radius 3 is 1.18 bits per heavy atom. The highest BCUT2D eigenvalue weighted by molar-refractivity contribution is 6.11. The Morgan fingerprint density at radius 2 is 0.825 bits per heavy atom. The molecule has 4 atom stereocenters. The van der Waals surface area contributed by atoms with E-state index in [2.05, 4.69) is 0 Å². The Balaban J connectivity index is 1.59. The topological polar surface area (TPSA) is 174 Å². The third kappa shape index (κ3) is 3.97. The van der Waals surface area contributed by atoms with Crippen LogP contribution in [0, 0.1) is 11.8 Å². The van der Waals surface area contributed by atoms with Crippen LogP contribution in [-0.2, 0) is 0 Å². The highest BCUT2D eigenvalue weighted by Gasteiger charge is 2.53. The van der Waals surface area contributed by atoms with Crippen LogP contribution < -0.4 is 9.47 Å². The maximum absolute atomic E-state index is 14.2. The number of carbonyl (C=O) groups is 2. The number of carbonyl (C=O) groups excluding carboxylic acids is 2. The van der Waals surface area contributed by atoms with Gasteiger partial charge in [-0.05, 0) is 35.4 Å². The average Bonchev–Trinajstić information content (AvgIpc) is 2.89. The zero-order chi connectivity index (χ0) is 28.3. The molecular formula is C30H22O10. The first-order chi connectivity index (χ1) is 19.1. The van der Waals surface area contributed by atoms with Gasteiger partial charge in [0.25, 0.3) is 0 Å². The molecule has 4 aromatic rings. The molecule has 10 heteroatoms. The van der Waals surface area contributed by atoms with Gasteiger partial charge in [-0.25, -0.2) is 0 Å². The summed E-state index contributed by atoms with van der Waals surface area (Å²) in [5, 5.41) is 61.1. The third-order valence-electron chi connectivity index (χ3n) is 7.22. The molecule has 0 fully saturated rings. The molecule has 0 unspecified atom stereocenters. The van der Waals surface area contributed by atoms with Crippen molar-refractivity contribution in [3.8, 4) is 46.0 Å². The van der Waals surface area contributed by atoms with Gasteiger partial charge in [0, 0.05) is 24.3 Å². The fraction of sp³-hybridized carbons (Fsp3) is 0.133. The summed E-state index contributed by atoms with van der Waals surface area (Å²) in [7, 11) is 0. The molecule has 0 saturated carbocycles. The lowest BCUT2D eigenvalue weighted by atomic mass is 9.69. The zero-order valence-electron chi connectivity index (χ0n) is 20.6. The summed E-state index contributed by atoms with van der Waals surface area (Å²) in [6, 6.07) is 15.9. The van der Waals surface area contributed by atoms with E-state index < -0.39 is 47.1 Å². The molecular weight excluding hydrogens is 520 g/mol. The van der Waals surface area contributed by atoms with E-state index in [0.717, 1.165) is 12.1 Å². The standard InChI is InChI=1S/C30H22O10/c31-15-5-1-13(2-6-15)29-25(27(37)23-19(35)9-17(33)11-21(23)39-29)26-28(38)24-20(36)10-18(34)12-22(24)40-30(26)14-3-7-16(32)8-4-14/h1-12,25-26,29-36H/t25-,26+,29-,30-/m1/s1. The quantitative estimate of drug-likeness (QED) is 0.216. The van der Waals surface area contributed by atoms with Gasteiger partial charge < -0.3 is 40.1 Å². The molecule has 0 amide bonds. The van der Waals surface area contributed by atoms with Crippen LogP contribution in [-0.4, -0.2) is 42.2 Å². The number of benzene rings is 4. The number of phenolic OH excluding ortho intramolecular Hbond substituents is 6. The average molecular weight is 542 g/mol. The van der Waals surface area contributed by atoms with E-state index in [1.807, 2.05) is 0 Å². The molecule has 10 nitrogen and oxygen atoms in total. The van der Waals surface area contributed by atoms with Gasteiger partial charge in [0.15, 0.2) is 11.6 Å².